The van der Waals surface area contributed by atoms with E-state index in [9.17, 15) is 19.1 Å². The van der Waals surface area contributed by atoms with Gasteiger partial charge >= 0.3 is 0 Å². The van der Waals surface area contributed by atoms with Crippen LogP contribution >= 0.6 is 46.4 Å². The molecule has 1 N–H and O–H groups in total. The summed E-state index contributed by atoms with van der Waals surface area (Å²) in [5, 5.41) is 11.7. The van der Waals surface area contributed by atoms with Crippen LogP contribution in [0.15, 0.2) is 66.2 Å². The second-order valence-corrected chi connectivity index (χ2v) is 8.61. The van der Waals surface area contributed by atoms with Crippen LogP contribution in [0.25, 0.3) is 5.76 Å². The van der Waals surface area contributed by atoms with Crippen molar-refractivity contribution in [1.29, 1.82) is 0 Å². The van der Waals surface area contributed by atoms with E-state index in [0.717, 1.165) is 11.0 Å². The van der Waals surface area contributed by atoms with E-state index in [4.69, 9.17) is 46.4 Å². The van der Waals surface area contributed by atoms with Gasteiger partial charge in [-0.3, -0.25) is 14.5 Å². The molecule has 0 radical (unpaired) electrons. The van der Waals surface area contributed by atoms with Crippen LogP contribution in [-0.4, -0.2) is 16.8 Å². The molecule has 0 saturated carbocycles. The number of rotatable bonds is 3. The first-order chi connectivity index (χ1) is 15.2. The van der Waals surface area contributed by atoms with Gasteiger partial charge in [0.25, 0.3) is 11.7 Å². The first-order valence-corrected chi connectivity index (χ1v) is 10.7. The monoisotopic (exact) mass is 509 g/mol. The van der Waals surface area contributed by atoms with E-state index in [1.54, 1.807) is 24.3 Å². The molecule has 1 aliphatic heterocycles. The van der Waals surface area contributed by atoms with Gasteiger partial charge in [0.15, 0.2) is 0 Å². The second kappa shape index (κ2) is 8.75. The predicted octanol–water partition coefficient (Wildman–Crippen LogP) is 7.07. The molecule has 3 aromatic carbocycles. The van der Waals surface area contributed by atoms with Gasteiger partial charge in [0.1, 0.15) is 11.6 Å². The smallest absolute Gasteiger partial charge is 0.300 e. The minimum atomic E-state index is -1.02. The molecule has 0 spiro atoms. The lowest BCUT2D eigenvalue weighted by Crippen LogP contribution is -2.29. The Bertz CT molecular complexity index is 1290. The van der Waals surface area contributed by atoms with Gasteiger partial charge in [0.05, 0.1) is 26.7 Å². The summed E-state index contributed by atoms with van der Waals surface area (Å²) < 4.78 is 13.7. The largest absolute Gasteiger partial charge is 0.507 e. The molecule has 1 heterocycles. The van der Waals surface area contributed by atoms with E-state index in [1.165, 1.54) is 30.3 Å². The number of hydrogen-bond acceptors (Lipinski definition) is 3. The van der Waals surface area contributed by atoms with Crippen molar-refractivity contribution in [2.45, 2.75) is 6.04 Å². The van der Waals surface area contributed by atoms with Gasteiger partial charge < -0.3 is 5.11 Å². The maximum Gasteiger partial charge on any atom is 0.300 e. The topological polar surface area (TPSA) is 57.6 Å². The first kappa shape index (κ1) is 22.6. The normalized spacial score (nSPS) is 17.8. The van der Waals surface area contributed by atoms with E-state index in [-0.39, 0.29) is 31.9 Å². The number of ketones is 1. The number of carbonyl (C=O) groups is 2. The number of Topliss-reactive ketones (excluding diaryl/α,β-unsaturated/α-hetero) is 1. The lowest BCUT2D eigenvalue weighted by atomic mass is 9.95. The van der Waals surface area contributed by atoms with Crippen molar-refractivity contribution >= 4 is 69.5 Å². The number of hydrogen-bond donors (Lipinski definition) is 1. The van der Waals surface area contributed by atoms with Crippen molar-refractivity contribution < 1.29 is 19.1 Å². The fourth-order valence-corrected chi connectivity index (χ4v) is 4.09. The zero-order valence-electron chi connectivity index (χ0n) is 16.0. The Morgan fingerprint density at radius 1 is 0.844 bits per heavy atom. The van der Waals surface area contributed by atoms with Gasteiger partial charge in [-0.2, -0.15) is 0 Å². The SMILES string of the molecule is O=C1C(=O)N(c2ccc(F)c(Cl)c2)C(c2ccc(Cl)cc2)/C1=C(\O)c1ccc(Cl)c(Cl)c1. The Hall–Kier alpha value is -2.57. The highest BCUT2D eigenvalue weighted by Crippen LogP contribution is 2.43. The molecule has 4 rings (SSSR count). The van der Waals surface area contributed by atoms with Crippen LogP contribution in [0.5, 0.6) is 0 Å². The van der Waals surface area contributed by atoms with E-state index in [0.29, 0.717) is 10.6 Å². The molecule has 4 nitrogen and oxygen atoms in total. The summed E-state index contributed by atoms with van der Waals surface area (Å²) in [4.78, 5) is 27.3. The molecule has 0 aliphatic carbocycles. The molecular weight excluding hydrogens is 499 g/mol. The van der Waals surface area contributed by atoms with Gasteiger partial charge in [-0.05, 0) is 54.1 Å². The number of halogens is 5. The summed E-state index contributed by atoms with van der Waals surface area (Å²) in [7, 11) is 0. The molecule has 162 valence electrons. The number of anilines is 1. The summed E-state index contributed by atoms with van der Waals surface area (Å²) in [5.41, 5.74) is 0.715. The minimum absolute atomic E-state index is 0.165. The zero-order valence-corrected chi connectivity index (χ0v) is 19.0. The Balaban J connectivity index is 1.96. The molecule has 0 aromatic heterocycles. The van der Waals surface area contributed by atoms with Crippen LogP contribution in [0.2, 0.25) is 20.1 Å². The lowest BCUT2D eigenvalue weighted by Gasteiger charge is -2.25. The van der Waals surface area contributed by atoms with E-state index in [1.807, 2.05) is 0 Å². The van der Waals surface area contributed by atoms with Gasteiger partial charge in [-0.1, -0.05) is 58.5 Å². The Kier molecular flexibility index (Phi) is 6.19. The quantitative estimate of drug-likeness (QED) is 0.233. The highest BCUT2D eigenvalue weighted by Gasteiger charge is 2.47. The van der Waals surface area contributed by atoms with Crippen LogP contribution in [-0.2, 0) is 9.59 Å². The summed E-state index contributed by atoms with van der Waals surface area (Å²) in [6.45, 7) is 0. The second-order valence-electron chi connectivity index (χ2n) is 6.95. The molecule has 1 fully saturated rings. The molecular formula is C23H12Cl4FNO3. The van der Waals surface area contributed by atoms with E-state index in [2.05, 4.69) is 0 Å². The fraction of sp³-hybridized carbons (Fsp3) is 0.0435. The third kappa shape index (κ3) is 3.97. The van der Waals surface area contributed by atoms with Crippen molar-refractivity contribution in [2.24, 2.45) is 0 Å². The minimum Gasteiger partial charge on any atom is -0.507 e. The Labute approximate surface area is 202 Å². The molecule has 1 saturated heterocycles. The maximum atomic E-state index is 13.7. The third-order valence-corrected chi connectivity index (χ3v) is 6.29. The molecule has 1 aliphatic rings. The Morgan fingerprint density at radius 3 is 2.16 bits per heavy atom. The van der Waals surface area contributed by atoms with Gasteiger partial charge in [-0.25, -0.2) is 4.39 Å². The van der Waals surface area contributed by atoms with Gasteiger partial charge in [0.2, 0.25) is 0 Å². The molecule has 9 heteroatoms. The average molecular weight is 511 g/mol. The van der Waals surface area contributed by atoms with Crippen molar-refractivity contribution in [1.82, 2.24) is 0 Å². The predicted molar refractivity (Wildman–Crippen MR) is 124 cm³/mol. The highest BCUT2D eigenvalue weighted by atomic mass is 35.5. The first-order valence-electron chi connectivity index (χ1n) is 9.16. The van der Waals surface area contributed by atoms with E-state index < -0.39 is 29.3 Å². The number of nitrogens with zero attached hydrogens (tertiary/aromatic N) is 1. The zero-order chi connectivity index (χ0) is 23.2. The molecule has 0 bridgehead atoms. The van der Waals surface area contributed by atoms with Crippen LogP contribution in [0.1, 0.15) is 17.2 Å². The van der Waals surface area contributed by atoms with Crippen LogP contribution in [0, 0.1) is 5.82 Å². The van der Waals surface area contributed by atoms with Crippen molar-refractivity contribution in [3.63, 3.8) is 0 Å². The summed E-state index contributed by atoms with van der Waals surface area (Å²) in [6, 6.07) is 13.4. The number of amides is 1. The standard InChI is InChI=1S/C23H12Cl4FNO3/c24-13-4-1-11(2-5-13)20-19(21(30)12-3-7-15(25)16(26)9-12)22(31)23(32)29(20)14-6-8-18(28)17(27)10-14/h1-10,20,30H/b21-19+. The van der Waals surface area contributed by atoms with E-state index >= 15 is 0 Å². The summed E-state index contributed by atoms with van der Waals surface area (Å²) >= 11 is 23.9. The van der Waals surface area contributed by atoms with Crippen LogP contribution < -0.4 is 4.90 Å². The highest BCUT2D eigenvalue weighted by molar-refractivity contribution is 6.52. The number of aliphatic hydroxyl groups is 1. The number of benzene rings is 3. The Morgan fingerprint density at radius 2 is 1.53 bits per heavy atom. The van der Waals surface area contributed by atoms with Crippen molar-refractivity contribution in [3.05, 3.63) is 103 Å². The summed E-state index contributed by atoms with van der Waals surface area (Å²) in [6.07, 6.45) is 0. The molecule has 3 aromatic rings. The van der Waals surface area contributed by atoms with Crippen molar-refractivity contribution in [3.8, 4) is 0 Å². The van der Waals surface area contributed by atoms with Crippen molar-refractivity contribution in [2.75, 3.05) is 4.90 Å². The fourth-order valence-electron chi connectivity index (χ4n) is 3.49. The number of aliphatic hydroxyl groups excluding tert-OH is 1. The molecule has 1 unspecified atom stereocenters. The average Bonchev–Trinajstić information content (AvgIpc) is 3.03. The third-order valence-electron chi connectivity index (χ3n) is 5.00. The molecule has 1 atom stereocenters. The molecule has 32 heavy (non-hydrogen) atoms. The summed E-state index contributed by atoms with van der Waals surface area (Å²) in [5.74, 6) is -2.94. The maximum absolute atomic E-state index is 13.7. The molecule has 1 amide bonds. The van der Waals surface area contributed by atoms with Gasteiger partial charge in [0, 0.05) is 16.3 Å². The number of carbonyl (C=O) groups excluding carboxylic acids is 2. The van der Waals surface area contributed by atoms with Crippen LogP contribution in [0.4, 0.5) is 10.1 Å². The lowest BCUT2D eigenvalue weighted by molar-refractivity contribution is -0.132. The van der Waals surface area contributed by atoms with Gasteiger partial charge in [-0.15, -0.1) is 0 Å². The van der Waals surface area contributed by atoms with Crippen LogP contribution in [0.3, 0.4) is 0 Å².